The first-order valence-corrected chi connectivity index (χ1v) is 7.89. The van der Waals surface area contributed by atoms with Crippen molar-refractivity contribution in [2.45, 2.75) is 38.8 Å². The number of aromatic amines is 1. The van der Waals surface area contributed by atoms with Crippen molar-refractivity contribution in [3.05, 3.63) is 29.7 Å². The summed E-state index contributed by atoms with van der Waals surface area (Å²) in [5.41, 5.74) is 6.74. The Hall–Kier alpha value is -1.43. The van der Waals surface area contributed by atoms with E-state index < -0.39 is 0 Å². The number of nitrogens with one attached hydrogen (secondary N) is 2. The summed E-state index contributed by atoms with van der Waals surface area (Å²) in [5, 5.41) is 1.18. The van der Waals surface area contributed by atoms with Gasteiger partial charge < -0.3 is 4.98 Å². The smallest absolute Gasteiger partial charge is 0.0576 e. The van der Waals surface area contributed by atoms with Gasteiger partial charge in [-0.3, -0.25) is 21.2 Å². The van der Waals surface area contributed by atoms with Crippen molar-refractivity contribution < 1.29 is 0 Å². The summed E-state index contributed by atoms with van der Waals surface area (Å²) in [6.45, 7) is 4.15. The lowest BCUT2D eigenvalue weighted by molar-refractivity contribution is 0.137. The average Bonchev–Trinajstić information content (AvgIpc) is 3.02. The second kappa shape index (κ2) is 5.09. The van der Waals surface area contributed by atoms with Crippen molar-refractivity contribution >= 4 is 10.9 Å². The summed E-state index contributed by atoms with van der Waals surface area (Å²) in [4.78, 5) is 10.5. The zero-order valence-corrected chi connectivity index (χ0v) is 12.4. The van der Waals surface area contributed by atoms with Gasteiger partial charge in [-0.1, -0.05) is 6.42 Å². The largest absolute Gasteiger partial charge is 0.357 e. The zero-order chi connectivity index (χ0) is 14.3. The highest BCUT2D eigenvalue weighted by molar-refractivity contribution is 5.79. The molecular weight excluding hydrogens is 262 g/mol. The van der Waals surface area contributed by atoms with E-state index in [9.17, 15) is 0 Å². The molecule has 112 valence electrons. The molecule has 0 bridgehead atoms. The third-order valence-electron chi connectivity index (χ3n) is 5.23. The predicted molar refractivity (Wildman–Crippen MR) is 83.3 cm³/mol. The van der Waals surface area contributed by atoms with E-state index >= 15 is 0 Å². The second-order valence-electron chi connectivity index (χ2n) is 6.75. The Bertz CT molecular complexity index is 643. The third kappa shape index (κ3) is 2.46. The van der Waals surface area contributed by atoms with Gasteiger partial charge in [0, 0.05) is 35.9 Å². The van der Waals surface area contributed by atoms with E-state index in [0.717, 1.165) is 17.8 Å². The lowest BCUT2D eigenvalue weighted by Gasteiger charge is -2.38. The van der Waals surface area contributed by atoms with Crippen molar-refractivity contribution in [3.8, 4) is 0 Å². The molecule has 0 aromatic carbocycles. The number of hydrazine groups is 1. The van der Waals surface area contributed by atoms with Gasteiger partial charge in [0.15, 0.2) is 0 Å². The molecule has 0 radical (unpaired) electrons. The highest BCUT2D eigenvalue weighted by Crippen LogP contribution is 2.48. The average molecular weight is 285 g/mol. The van der Waals surface area contributed by atoms with Gasteiger partial charge in [0.1, 0.15) is 0 Å². The molecule has 4 N–H and O–H groups in total. The standard InChI is InChI=1S/C16H23N5/c17-19-9-13-7-15-12(8-18-13)6-14(20-15)10-21-5-4-16(11-21)2-1-3-16/h6-8,19-20H,1-5,9-11,17H2. The Morgan fingerprint density at radius 3 is 2.95 bits per heavy atom. The highest BCUT2D eigenvalue weighted by Gasteiger charge is 2.42. The summed E-state index contributed by atoms with van der Waals surface area (Å²) < 4.78 is 0. The first kappa shape index (κ1) is 13.2. The Morgan fingerprint density at radius 2 is 2.24 bits per heavy atom. The number of nitrogens with zero attached hydrogens (tertiary/aromatic N) is 2. The second-order valence-corrected chi connectivity index (χ2v) is 6.75. The van der Waals surface area contributed by atoms with Gasteiger partial charge in [-0.15, -0.1) is 0 Å². The third-order valence-corrected chi connectivity index (χ3v) is 5.23. The maximum Gasteiger partial charge on any atom is 0.0576 e. The minimum atomic E-state index is 0.596. The molecule has 1 spiro atoms. The monoisotopic (exact) mass is 285 g/mol. The zero-order valence-electron chi connectivity index (χ0n) is 12.4. The number of fused-ring (bicyclic) bond motifs is 1. The minimum Gasteiger partial charge on any atom is -0.357 e. The normalized spacial score (nSPS) is 21.2. The molecule has 1 saturated carbocycles. The van der Waals surface area contributed by atoms with Crippen molar-refractivity contribution in [1.82, 2.24) is 20.3 Å². The van der Waals surface area contributed by atoms with Gasteiger partial charge in [0.05, 0.1) is 12.2 Å². The van der Waals surface area contributed by atoms with Gasteiger partial charge in [-0.05, 0) is 43.4 Å². The molecule has 5 nitrogen and oxygen atoms in total. The molecule has 0 unspecified atom stereocenters. The molecular formula is C16H23N5. The molecule has 21 heavy (non-hydrogen) atoms. The Balaban J connectivity index is 1.49. The van der Waals surface area contributed by atoms with E-state index in [0.29, 0.717) is 12.0 Å². The van der Waals surface area contributed by atoms with Crippen LogP contribution in [-0.2, 0) is 13.1 Å². The van der Waals surface area contributed by atoms with Crippen LogP contribution in [0.25, 0.3) is 10.9 Å². The lowest BCUT2D eigenvalue weighted by Crippen LogP contribution is -2.32. The fourth-order valence-corrected chi connectivity index (χ4v) is 3.90. The maximum atomic E-state index is 5.36. The molecule has 1 aliphatic heterocycles. The van der Waals surface area contributed by atoms with Crippen LogP contribution in [0.15, 0.2) is 18.3 Å². The summed E-state index contributed by atoms with van der Waals surface area (Å²) in [6.07, 6.45) is 7.63. The number of aromatic nitrogens is 2. The Labute approximate surface area is 124 Å². The summed E-state index contributed by atoms with van der Waals surface area (Å²) in [5.74, 6) is 5.36. The van der Waals surface area contributed by atoms with Crippen molar-refractivity contribution in [2.24, 2.45) is 11.3 Å². The summed E-state index contributed by atoms with van der Waals surface area (Å²) >= 11 is 0. The van der Waals surface area contributed by atoms with E-state index in [1.165, 1.54) is 49.9 Å². The molecule has 5 heteroatoms. The topological polar surface area (TPSA) is 70.0 Å². The minimum absolute atomic E-state index is 0.596. The maximum absolute atomic E-state index is 5.36. The van der Waals surface area contributed by atoms with Crippen molar-refractivity contribution in [3.63, 3.8) is 0 Å². The van der Waals surface area contributed by atoms with Crippen molar-refractivity contribution in [1.29, 1.82) is 0 Å². The van der Waals surface area contributed by atoms with Gasteiger partial charge in [0.25, 0.3) is 0 Å². The van der Waals surface area contributed by atoms with E-state index in [4.69, 9.17) is 5.84 Å². The number of hydrogen-bond donors (Lipinski definition) is 3. The number of pyridine rings is 1. The first-order valence-electron chi connectivity index (χ1n) is 7.89. The van der Waals surface area contributed by atoms with Crippen LogP contribution in [0.3, 0.4) is 0 Å². The van der Waals surface area contributed by atoms with E-state index in [1.807, 2.05) is 6.20 Å². The quantitative estimate of drug-likeness (QED) is 0.593. The van der Waals surface area contributed by atoms with Crippen LogP contribution >= 0.6 is 0 Å². The van der Waals surface area contributed by atoms with Crippen LogP contribution in [0, 0.1) is 5.41 Å². The number of nitrogens with two attached hydrogens (primary N) is 1. The van der Waals surface area contributed by atoms with E-state index in [-0.39, 0.29) is 0 Å². The van der Waals surface area contributed by atoms with Gasteiger partial charge >= 0.3 is 0 Å². The number of hydrogen-bond acceptors (Lipinski definition) is 4. The first-order chi connectivity index (χ1) is 10.3. The fraction of sp³-hybridized carbons (Fsp3) is 0.562. The molecule has 2 aliphatic rings. The fourth-order valence-electron chi connectivity index (χ4n) is 3.90. The van der Waals surface area contributed by atoms with Gasteiger partial charge in [-0.25, -0.2) is 0 Å². The number of rotatable bonds is 4. The van der Waals surface area contributed by atoms with Crippen molar-refractivity contribution in [2.75, 3.05) is 13.1 Å². The Kier molecular flexibility index (Phi) is 3.21. The lowest BCUT2D eigenvalue weighted by atomic mass is 9.68. The van der Waals surface area contributed by atoms with Gasteiger partial charge in [0.2, 0.25) is 0 Å². The van der Waals surface area contributed by atoms with Crippen LogP contribution < -0.4 is 11.3 Å². The van der Waals surface area contributed by atoms with E-state index in [1.54, 1.807) is 0 Å². The van der Waals surface area contributed by atoms with Crippen LogP contribution in [-0.4, -0.2) is 28.0 Å². The molecule has 4 rings (SSSR count). The molecule has 1 aliphatic carbocycles. The van der Waals surface area contributed by atoms with Crippen LogP contribution in [0.2, 0.25) is 0 Å². The predicted octanol–water partition coefficient (Wildman–Crippen LogP) is 1.90. The SMILES string of the molecule is NNCc1cc2[nH]c(CN3CCC4(CCC4)C3)cc2cn1. The number of likely N-dealkylation sites (tertiary alicyclic amines) is 1. The molecule has 0 atom stereocenters. The Morgan fingerprint density at radius 1 is 1.33 bits per heavy atom. The van der Waals surface area contributed by atoms with E-state index in [2.05, 4.69) is 32.4 Å². The molecule has 0 amide bonds. The molecule has 2 fully saturated rings. The molecule has 1 saturated heterocycles. The highest BCUT2D eigenvalue weighted by atomic mass is 15.2. The number of H-pyrrole nitrogens is 1. The van der Waals surface area contributed by atoms with Crippen LogP contribution in [0.5, 0.6) is 0 Å². The van der Waals surface area contributed by atoms with Crippen LogP contribution in [0.1, 0.15) is 37.1 Å². The molecule has 3 heterocycles. The summed E-state index contributed by atoms with van der Waals surface area (Å²) in [7, 11) is 0. The molecule has 2 aromatic rings. The van der Waals surface area contributed by atoms with Gasteiger partial charge in [-0.2, -0.15) is 0 Å². The molecule has 2 aromatic heterocycles. The summed E-state index contributed by atoms with van der Waals surface area (Å²) in [6, 6.07) is 4.31. The van der Waals surface area contributed by atoms with Crippen LogP contribution in [0.4, 0.5) is 0 Å².